The summed E-state index contributed by atoms with van der Waals surface area (Å²) in [6.07, 6.45) is 2.05. The van der Waals surface area contributed by atoms with Crippen LogP contribution in [0.25, 0.3) is 5.57 Å². The first-order chi connectivity index (χ1) is 15.6. The van der Waals surface area contributed by atoms with Gasteiger partial charge < -0.3 is 19.7 Å². The van der Waals surface area contributed by atoms with Gasteiger partial charge in [-0.3, -0.25) is 0 Å². The lowest BCUT2D eigenvalue weighted by molar-refractivity contribution is -0.136. The molecule has 2 aromatic rings. The summed E-state index contributed by atoms with van der Waals surface area (Å²) in [7, 11) is 1.35. The van der Waals surface area contributed by atoms with Crippen molar-refractivity contribution in [1.29, 1.82) is 5.26 Å². The second-order valence-electron chi connectivity index (χ2n) is 7.83. The number of hydrogen-bond acceptors (Lipinski definition) is 5. The fourth-order valence-electron chi connectivity index (χ4n) is 4.57. The van der Waals surface area contributed by atoms with Crippen LogP contribution in [0.15, 0.2) is 60.2 Å². The maximum Gasteiger partial charge on any atom is 0.336 e. The molecule has 1 N–H and O–H groups in total. The van der Waals surface area contributed by atoms with Gasteiger partial charge in [-0.15, -0.1) is 0 Å². The van der Waals surface area contributed by atoms with E-state index in [0.717, 1.165) is 23.3 Å². The van der Waals surface area contributed by atoms with Gasteiger partial charge in [0.1, 0.15) is 12.4 Å². The van der Waals surface area contributed by atoms with Crippen molar-refractivity contribution in [3.8, 4) is 11.8 Å². The number of hydrogen-bond donors (Lipinski definition) is 1. The summed E-state index contributed by atoms with van der Waals surface area (Å²) < 4.78 is 10.7. The summed E-state index contributed by atoms with van der Waals surface area (Å²) >= 11 is 0. The van der Waals surface area contributed by atoms with Gasteiger partial charge in [0.05, 0.1) is 36.9 Å². The Balaban J connectivity index is 1.51. The number of carbonyl (C=O) groups excluding carboxylic acids is 2. The highest BCUT2D eigenvalue weighted by molar-refractivity contribution is 6.01. The third-order valence-corrected chi connectivity index (χ3v) is 5.97. The van der Waals surface area contributed by atoms with E-state index < -0.39 is 5.97 Å². The number of nitrogens with zero attached hydrogens (tertiary/aromatic N) is 2. The molecule has 164 valence electrons. The summed E-state index contributed by atoms with van der Waals surface area (Å²) in [4.78, 5) is 27.5. The van der Waals surface area contributed by atoms with Crippen molar-refractivity contribution in [1.82, 2.24) is 10.2 Å². The number of carbonyl (C=O) groups is 2. The molecule has 2 bridgehead atoms. The Labute approximate surface area is 187 Å². The van der Waals surface area contributed by atoms with E-state index in [2.05, 4.69) is 11.4 Å². The van der Waals surface area contributed by atoms with Crippen LogP contribution in [0, 0.1) is 11.3 Å². The minimum atomic E-state index is -0.432. The Kier molecular flexibility index (Phi) is 6.41. The third-order valence-electron chi connectivity index (χ3n) is 5.97. The van der Waals surface area contributed by atoms with Crippen LogP contribution in [0.1, 0.15) is 30.4 Å². The highest BCUT2D eigenvalue weighted by Crippen LogP contribution is 2.43. The molecule has 2 aliphatic rings. The SMILES string of the molecule is COC(=O)C1=C(c2cccc(C#N)c2)C[C@@H]2CC[C@H]1N2C(=O)NCCOc1ccccc1. The molecule has 0 aromatic heterocycles. The number of fused-ring (bicyclic) bond motifs is 2. The number of para-hydroxylation sites is 1. The molecule has 32 heavy (non-hydrogen) atoms. The zero-order valence-electron chi connectivity index (χ0n) is 17.9. The van der Waals surface area contributed by atoms with E-state index in [1.807, 2.05) is 42.5 Å². The number of methoxy groups -OCH3 is 1. The molecule has 7 nitrogen and oxygen atoms in total. The summed E-state index contributed by atoms with van der Waals surface area (Å²) in [6, 6.07) is 18.2. The molecule has 1 fully saturated rings. The molecule has 2 aliphatic heterocycles. The molecule has 2 amide bonds. The van der Waals surface area contributed by atoms with E-state index >= 15 is 0 Å². The number of benzene rings is 2. The normalized spacial score (nSPS) is 19.3. The van der Waals surface area contributed by atoms with E-state index in [0.29, 0.717) is 37.1 Å². The monoisotopic (exact) mass is 431 g/mol. The summed E-state index contributed by atoms with van der Waals surface area (Å²) in [5.41, 5.74) is 2.73. The summed E-state index contributed by atoms with van der Waals surface area (Å²) in [5.74, 6) is 0.317. The van der Waals surface area contributed by atoms with E-state index in [1.165, 1.54) is 7.11 Å². The predicted octanol–water partition coefficient (Wildman–Crippen LogP) is 3.51. The van der Waals surface area contributed by atoms with Crippen LogP contribution in [0.4, 0.5) is 4.79 Å². The van der Waals surface area contributed by atoms with Gasteiger partial charge in [0.2, 0.25) is 0 Å². The largest absolute Gasteiger partial charge is 0.492 e. The van der Waals surface area contributed by atoms with Crippen LogP contribution in [0.5, 0.6) is 5.75 Å². The topological polar surface area (TPSA) is 91.7 Å². The fourth-order valence-corrected chi connectivity index (χ4v) is 4.57. The highest BCUT2D eigenvalue weighted by atomic mass is 16.5. The molecule has 0 radical (unpaired) electrons. The maximum absolute atomic E-state index is 13.0. The standard InChI is InChI=1S/C25H25N3O4/c1-31-24(29)23-21(18-7-5-6-17(14-18)16-26)15-19-10-11-22(23)28(19)25(30)27-12-13-32-20-8-3-2-4-9-20/h2-9,14,19,22H,10-13,15H2,1H3,(H,27,30)/t19-,22+/m0/s1. The van der Waals surface area contributed by atoms with Crippen molar-refractivity contribution in [2.45, 2.75) is 31.3 Å². The maximum atomic E-state index is 13.0. The molecule has 2 atom stereocenters. The molecule has 2 aromatic carbocycles. The minimum Gasteiger partial charge on any atom is -0.492 e. The first kappa shape index (κ1) is 21.4. The van der Waals surface area contributed by atoms with Crippen LogP contribution in [0.3, 0.4) is 0 Å². The second-order valence-corrected chi connectivity index (χ2v) is 7.83. The molecule has 7 heteroatoms. The Hall–Kier alpha value is -3.79. The Bertz CT molecular complexity index is 1070. The number of esters is 1. The first-order valence-corrected chi connectivity index (χ1v) is 10.7. The Morgan fingerprint density at radius 1 is 1.16 bits per heavy atom. The van der Waals surface area contributed by atoms with Gasteiger partial charge in [-0.25, -0.2) is 9.59 Å². The lowest BCUT2D eigenvalue weighted by Crippen LogP contribution is -2.51. The second kappa shape index (κ2) is 9.56. The average Bonchev–Trinajstić information content (AvgIpc) is 3.15. The molecular formula is C25H25N3O4. The lowest BCUT2D eigenvalue weighted by Gasteiger charge is -2.37. The molecule has 0 aliphatic carbocycles. The van der Waals surface area contributed by atoms with Crippen LogP contribution < -0.4 is 10.1 Å². The van der Waals surface area contributed by atoms with Crippen molar-refractivity contribution in [2.75, 3.05) is 20.3 Å². The van der Waals surface area contributed by atoms with Gasteiger partial charge in [-0.05, 0) is 54.7 Å². The van der Waals surface area contributed by atoms with Gasteiger partial charge >= 0.3 is 12.0 Å². The number of urea groups is 1. The molecular weight excluding hydrogens is 406 g/mol. The Morgan fingerprint density at radius 2 is 1.97 bits per heavy atom. The van der Waals surface area contributed by atoms with Crippen LogP contribution in [0.2, 0.25) is 0 Å². The van der Waals surface area contributed by atoms with Crippen LogP contribution in [-0.4, -0.2) is 49.2 Å². The number of rotatable bonds is 6. The third kappa shape index (κ3) is 4.30. The van der Waals surface area contributed by atoms with Crippen molar-refractivity contribution in [3.05, 3.63) is 71.3 Å². The molecule has 2 heterocycles. The summed E-state index contributed by atoms with van der Waals surface area (Å²) in [5, 5.41) is 12.2. The Morgan fingerprint density at radius 3 is 2.72 bits per heavy atom. The fraction of sp³-hybridized carbons (Fsp3) is 0.320. The van der Waals surface area contributed by atoms with Gasteiger partial charge in [0.15, 0.2) is 0 Å². The van der Waals surface area contributed by atoms with E-state index in [9.17, 15) is 14.9 Å². The van der Waals surface area contributed by atoms with Crippen LogP contribution in [-0.2, 0) is 9.53 Å². The van der Waals surface area contributed by atoms with E-state index in [-0.39, 0.29) is 18.1 Å². The van der Waals surface area contributed by atoms with Gasteiger partial charge in [-0.1, -0.05) is 30.3 Å². The number of nitrogens with one attached hydrogen (secondary N) is 1. The molecule has 4 rings (SSSR count). The lowest BCUT2D eigenvalue weighted by atomic mass is 9.88. The molecule has 0 saturated carbocycles. The zero-order chi connectivity index (χ0) is 22.5. The quantitative estimate of drug-likeness (QED) is 0.558. The molecule has 1 saturated heterocycles. The zero-order valence-corrected chi connectivity index (χ0v) is 17.9. The molecule has 0 spiro atoms. The van der Waals surface area contributed by atoms with Crippen molar-refractivity contribution in [3.63, 3.8) is 0 Å². The van der Waals surface area contributed by atoms with E-state index in [1.54, 1.807) is 17.0 Å². The van der Waals surface area contributed by atoms with Crippen molar-refractivity contribution in [2.24, 2.45) is 0 Å². The number of amides is 2. The molecule has 0 unspecified atom stereocenters. The predicted molar refractivity (Wildman–Crippen MR) is 119 cm³/mol. The van der Waals surface area contributed by atoms with Crippen molar-refractivity contribution < 1.29 is 19.1 Å². The summed E-state index contributed by atoms with van der Waals surface area (Å²) in [6.45, 7) is 0.711. The smallest absolute Gasteiger partial charge is 0.336 e. The number of nitriles is 1. The number of ether oxygens (including phenoxy) is 2. The van der Waals surface area contributed by atoms with E-state index in [4.69, 9.17) is 9.47 Å². The highest BCUT2D eigenvalue weighted by Gasteiger charge is 2.46. The van der Waals surface area contributed by atoms with Crippen LogP contribution >= 0.6 is 0 Å². The van der Waals surface area contributed by atoms with Gasteiger partial charge in [-0.2, -0.15) is 5.26 Å². The first-order valence-electron chi connectivity index (χ1n) is 10.7. The van der Waals surface area contributed by atoms with Gasteiger partial charge in [0.25, 0.3) is 0 Å². The van der Waals surface area contributed by atoms with Crippen molar-refractivity contribution >= 4 is 17.6 Å². The van der Waals surface area contributed by atoms with Gasteiger partial charge in [0, 0.05) is 6.04 Å². The average molecular weight is 431 g/mol. The minimum absolute atomic E-state index is 0.0100.